The van der Waals surface area contributed by atoms with Gasteiger partial charge < -0.3 is 0 Å². The van der Waals surface area contributed by atoms with E-state index in [0.717, 1.165) is 18.3 Å². The number of rotatable bonds is 3. The molecule has 80 valence electrons. The molecule has 1 heteroatoms. The fraction of sp³-hybridized carbons (Fsp3) is 0.133. The molecule has 0 aromatic heterocycles. The van der Waals surface area contributed by atoms with Crippen molar-refractivity contribution in [2.45, 2.75) is 13.3 Å². The lowest BCUT2D eigenvalue weighted by molar-refractivity contribution is 0.112. The minimum Gasteiger partial charge on any atom is -0.298 e. The monoisotopic (exact) mass is 210 g/mol. The molecular formula is C15H14O. The summed E-state index contributed by atoms with van der Waals surface area (Å²) in [6, 6.07) is 16.1. The van der Waals surface area contributed by atoms with Gasteiger partial charge in [0, 0.05) is 5.56 Å². The van der Waals surface area contributed by atoms with Crippen molar-refractivity contribution >= 4 is 6.29 Å². The van der Waals surface area contributed by atoms with Crippen LogP contribution in [0.4, 0.5) is 0 Å². The third kappa shape index (κ3) is 2.37. The van der Waals surface area contributed by atoms with E-state index in [-0.39, 0.29) is 0 Å². The average Bonchev–Trinajstić information content (AvgIpc) is 2.33. The molecule has 0 saturated carbocycles. The van der Waals surface area contributed by atoms with E-state index in [2.05, 4.69) is 19.1 Å². The molecule has 2 rings (SSSR count). The second kappa shape index (κ2) is 4.75. The standard InChI is InChI=1S/C15H14O/c1-12-7-8-14(11-16)10-15(12)9-13-5-3-2-4-6-13/h2-8,10-11H,9H2,1H3. The first kappa shape index (κ1) is 10.6. The van der Waals surface area contributed by atoms with Crippen LogP contribution in [-0.4, -0.2) is 6.29 Å². The molecule has 0 spiro atoms. The van der Waals surface area contributed by atoms with E-state index in [4.69, 9.17) is 0 Å². The highest BCUT2D eigenvalue weighted by Gasteiger charge is 2.01. The molecule has 0 fully saturated rings. The lowest BCUT2D eigenvalue weighted by atomic mass is 9.99. The third-order valence-corrected chi connectivity index (χ3v) is 2.75. The van der Waals surface area contributed by atoms with Crippen molar-refractivity contribution in [3.8, 4) is 0 Å². The summed E-state index contributed by atoms with van der Waals surface area (Å²) >= 11 is 0. The van der Waals surface area contributed by atoms with Crippen molar-refractivity contribution in [3.63, 3.8) is 0 Å². The van der Waals surface area contributed by atoms with Gasteiger partial charge in [-0.25, -0.2) is 0 Å². The Balaban J connectivity index is 2.30. The first-order valence-electron chi connectivity index (χ1n) is 5.38. The van der Waals surface area contributed by atoms with Gasteiger partial charge in [0.05, 0.1) is 0 Å². The average molecular weight is 210 g/mol. The van der Waals surface area contributed by atoms with Crippen molar-refractivity contribution in [1.82, 2.24) is 0 Å². The van der Waals surface area contributed by atoms with Gasteiger partial charge in [-0.1, -0.05) is 42.5 Å². The van der Waals surface area contributed by atoms with E-state index in [9.17, 15) is 4.79 Å². The smallest absolute Gasteiger partial charge is 0.150 e. The largest absolute Gasteiger partial charge is 0.298 e. The SMILES string of the molecule is Cc1ccc(C=O)cc1Cc1ccccc1. The fourth-order valence-electron chi connectivity index (χ4n) is 1.77. The Kier molecular flexibility index (Phi) is 3.16. The van der Waals surface area contributed by atoms with E-state index in [0.29, 0.717) is 0 Å². The molecule has 0 unspecified atom stereocenters. The number of carbonyl (C=O) groups excluding carboxylic acids is 1. The predicted molar refractivity (Wildman–Crippen MR) is 65.8 cm³/mol. The first-order valence-corrected chi connectivity index (χ1v) is 5.38. The maximum absolute atomic E-state index is 10.7. The molecule has 0 N–H and O–H groups in total. The molecule has 0 saturated heterocycles. The van der Waals surface area contributed by atoms with Crippen molar-refractivity contribution in [1.29, 1.82) is 0 Å². The zero-order valence-corrected chi connectivity index (χ0v) is 9.31. The van der Waals surface area contributed by atoms with Gasteiger partial charge >= 0.3 is 0 Å². The van der Waals surface area contributed by atoms with Crippen molar-refractivity contribution < 1.29 is 4.79 Å². The van der Waals surface area contributed by atoms with Crippen LogP contribution in [0.25, 0.3) is 0 Å². The topological polar surface area (TPSA) is 17.1 Å². The molecule has 2 aromatic rings. The maximum Gasteiger partial charge on any atom is 0.150 e. The van der Waals surface area contributed by atoms with E-state index in [1.54, 1.807) is 0 Å². The van der Waals surface area contributed by atoms with Crippen LogP contribution in [-0.2, 0) is 6.42 Å². The number of hydrogen-bond acceptors (Lipinski definition) is 1. The Hall–Kier alpha value is -1.89. The van der Waals surface area contributed by atoms with Gasteiger partial charge in [-0.05, 0) is 36.1 Å². The van der Waals surface area contributed by atoms with Crippen LogP contribution in [0.5, 0.6) is 0 Å². The van der Waals surface area contributed by atoms with Crippen LogP contribution in [0.3, 0.4) is 0 Å². The van der Waals surface area contributed by atoms with E-state index < -0.39 is 0 Å². The second-order valence-corrected chi connectivity index (χ2v) is 3.97. The first-order chi connectivity index (χ1) is 7.79. The zero-order chi connectivity index (χ0) is 11.4. The summed E-state index contributed by atoms with van der Waals surface area (Å²) in [6.45, 7) is 2.08. The van der Waals surface area contributed by atoms with Gasteiger partial charge in [-0.15, -0.1) is 0 Å². The van der Waals surface area contributed by atoms with Crippen LogP contribution in [0.2, 0.25) is 0 Å². The Morgan fingerprint density at radius 2 is 1.81 bits per heavy atom. The maximum atomic E-state index is 10.7. The van der Waals surface area contributed by atoms with Crippen molar-refractivity contribution in [2.75, 3.05) is 0 Å². The Morgan fingerprint density at radius 3 is 2.50 bits per heavy atom. The Labute approximate surface area is 95.7 Å². The minimum absolute atomic E-state index is 0.747. The quantitative estimate of drug-likeness (QED) is 0.710. The van der Waals surface area contributed by atoms with E-state index in [1.165, 1.54) is 16.7 Å². The molecule has 0 aliphatic rings. The van der Waals surface area contributed by atoms with Gasteiger partial charge in [0.25, 0.3) is 0 Å². The summed E-state index contributed by atoms with van der Waals surface area (Å²) in [5.41, 5.74) is 4.47. The lowest BCUT2D eigenvalue weighted by Crippen LogP contribution is -1.93. The molecule has 0 heterocycles. The van der Waals surface area contributed by atoms with E-state index in [1.807, 2.05) is 36.4 Å². The predicted octanol–water partition coefficient (Wildman–Crippen LogP) is 3.40. The molecule has 2 aromatic carbocycles. The summed E-state index contributed by atoms with van der Waals surface area (Å²) in [5.74, 6) is 0. The summed E-state index contributed by atoms with van der Waals surface area (Å²) in [6.07, 6.45) is 1.78. The second-order valence-electron chi connectivity index (χ2n) is 3.97. The molecule has 0 amide bonds. The van der Waals surface area contributed by atoms with Crippen LogP contribution >= 0.6 is 0 Å². The van der Waals surface area contributed by atoms with Gasteiger partial charge in [0.1, 0.15) is 6.29 Å². The lowest BCUT2D eigenvalue weighted by Gasteiger charge is -2.06. The third-order valence-electron chi connectivity index (χ3n) is 2.75. The number of carbonyl (C=O) groups is 1. The van der Waals surface area contributed by atoms with E-state index >= 15 is 0 Å². The molecule has 0 atom stereocenters. The van der Waals surface area contributed by atoms with Gasteiger partial charge in [-0.3, -0.25) is 4.79 Å². The highest BCUT2D eigenvalue weighted by atomic mass is 16.1. The van der Waals surface area contributed by atoms with Crippen molar-refractivity contribution in [3.05, 3.63) is 70.8 Å². The highest BCUT2D eigenvalue weighted by Crippen LogP contribution is 2.15. The van der Waals surface area contributed by atoms with Gasteiger partial charge in [0.15, 0.2) is 0 Å². The summed E-state index contributed by atoms with van der Waals surface area (Å²) in [7, 11) is 0. The van der Waals surface area contributed by atoms with Crippen LogP contribution in [0, 0.1) is 6.92 Å². The molecule has 0 aliphatic heterocycles. The fourth-order valence-corrected chi connectivity index (χ4v) is 1.77. The highest BCUT2D eigenvalue weighted by molar-refractivity contribution is 5.75. The van der Waals surface area contributed by atoms with Crippen LogP contribution in [0.1, 0.15) is 27.0 Å². The van der Waals surface area contributed by atoms with Crippen molar-refractivity contribution in [2.24, 2.45) is 0 Å². The Morgan fingerprint density at radius 1 is 1.06 bits per heavy atom. The normalized spacial score (nSPS) is 10.1. The Bertz CT molecular complexity index is 486. The molecule has 1 nitrogen and oxygen atoms in total. The molecule has 0 bridgehead atoms. The van der Waals surface area contributed by atoms with Crippen LogP contribution < -0.4 is 0 Å². The van der Waals surface area contributed by atoms with Crippen LogP contribution in [0.15, 0.2) is 48.5 Å². The summed E-state index contributed by atoms with van der Waals surface area (Å²) < 4.78 is 0. The number of aryl methyl sites for hydroxylation is 1. The molecule has 0 radical (unpaired) electrons. The molecule has 0 aliphatic carbocycles. The molecule has 16 heavy (non-hydrogen) atoms. The minimum atomic E-state index is 0.747. The van der Waals surface area contributed by atoms with Gasteiger partial charge in [0.2, 0.25) is 0 Å². The number of benzene rings is 2. The zero-order valence-electron chi connectivity index (χ0n) is 9.31. The summed E-state index contributed by atoms with van der Waals surface area (Å²) in [4.78, 5) is 10.7. The number of aldehydes is 1. The van der Waals surface area contributed by atoms with Gasteiger partial charge in [-0.2, -0.15) is 0 Å². The number of hydrogen-bond donors (Lipinski definition) is 0. The molecular weight excluding hydrogens is 196 g/mol. The summed E-state index contributed by atoms with van der Waals surface area (Å²) in [5, 5.41) is 0.